The second-order valence-electron chi connectivity index (χ2n) is 7.60. The number of carbonyl (C=O) groups excluding carboxylic acids is 2. The number of carbonyl (C=O) groups is 2. The minimum atomic E-state index is -0.307. The predicted octanol–water partition coefficient (Wildman–Crippen LogP) is 3.32. The van der Waals surface area contributed by atoms with Gasteiger partial charge < -0.3 is 9.80 Å². The van der Waals surface area contributed by atoms with Crippen molar-refractivity contribution in [2.24, 2.45) is 5.92 Å². The topological polar surface area (TPSA) is 53.5 Å². The highest BCUT2D eigenvalue weighted by molar-refractivity contribution is 7.13. The number of hydrogen-bond acceptors (Lipinski definition) is 4. The molecule has 1 fully saturated rings. The van der Waals surface area contributed by atoms with Gasteiger partial charge in [0.2, 0.25) is 5.91 Å². The molecule has 1 aliphatic rings. The summed E-state index contributed by atoms with van der Waals surface area (Å²) in [6.07, 6.45) is 1.13. The zero-order chi connectivity index (χ0) is 20.3. The van der Waals surface area contributed by atoms with Gasteiger partial charge in [-0.3, -0.25) is 9.59 Å². The Morgan fingerprint density at radius 1 is 1.11 bits per heavy atom. The zero-order valence-electron chi connectivity index (χ0n) is 16.6. The summed E-state index contributed by atoms with van der Waals surface area (Å²) in [7, 11) is 0. The van der Waals surface area contributed by atoms with Crippen molar-refractivity contribution in [3.63, 3.8) is 0 Å². The molecule has 7 heteroatoms. The van der Waals surface area contributed by atoms with Crippen LogP contribution in [0, 0.1) is 18.7 Å². The van der Waals surface area contributed by atoms with E-state index < -0.39 is 0 Å². The van der Waals surface area contributed by atoms with Crippen LogP contribution >= 0.6 is 11.3 Å². The molecule has 0 bridgehead atoms. The molecule has 0 radical (unpaired) electrons. The van der Waals surface area contributed by atoms with E-state index in [4.69, 9.17) is 0 Å². The SMILES string of the molecule is Cc1nc(CC(C)C)sc1C(=O)N1CCN(C(=O)Cc2ccc(F)cc2)CC1. The van der Waals surface area contributed by atoms with E-state index in [0.29, 0.717) is 37.0 Å². The highest BCUT2D eigenvalue weighted by Crippen LogP contribution is 2.23. The molecule has 0 aliphatic carbocycles. The van der Waals surface area contributed by atoms with Gasteiger partial charge in [0, 0.05) is 32.6 Å². The quantitative estimate of drug-likeness (QED) is 0.770. The Bertz CT molecular complexity index is 840. The maximum Gasteiger partial charge on any atom is 0.265 e. The van der Waals surface area contributed by atoms with E-state index in [1.54, 1.807) is 21.9 Å². The first-order valence-corrected chi connectivity index (χ1v) is 10.4. The molecule has 2 heterocycles. The summed E-state index contributed by atoms with van der Waals surface area (Å²) in [4.78, 5) is 34.2. The summed E-state index contributed by atoms with van der Waals surface area (Å²) in [5, 5.41) is 1.00. The maximum atomic E-state index is 13.0. The average molecular weight is 404 g/mol. The lowest BCUT2D eigenvalue weighted by atomic mass is 10.1. The summed E-state index contributed by atoms with van der Waals surface area (Å²) in [6, 6.07) is 6.00. The Kier molecular flexibility index (Phi) is 6.44. The van der Waals surface area contributed by atoms with Gasteiger partial charge in [0.25, 0.3) is 5.91 Å². The molecule has 0 spiro atoms. The third-order valence-corrected chi connectivity index (χ3v) is 5.97. The van der Waals surface area contributed by atoms with Gasteiger partial charge in [-0.2, -0.15) is 0 Å². The summed E-state index contributed by atoms with van der Waals surface area (Å²) < 4.78 is 13.0. The standard InChI is InChI=1S/C21H26FN3O2S/c1-14(2)12-18-23-15(3)20(28-18)21(27)25-10-8-24(9-11-25)19(26)13-16-4-6-17(22)7-5-16/h4-7,14H,8-13H2,1-3H3. The average Bonchev–Trinajstić information content (AvgIpc) is 3.02. The lowest BCUT2D eigenvalue weighted by Gasteiger charge is -2.34. The fraction of sp³-hybridized carbons (Fsp3) is 0.476. The van der Waals surface area contributed by atoms with Gasteiger partial charge in [-0.05, 0) is 30.5 Å². The zero-order valence-corrected chi connectivity index (χ0v) is 17.4. The third kappa shape index (κ3) is 4.95. The van der Waals surface area contributed by atoms with E-state index in [1.807, 2.05) is 6.92 Å². The first kappa shape index (κ1) is 20.5. The monoisotopic (exact) mass is 403 g/mol. The van der Waals surface area contributed by atoms with Gasteiger partial charge >= 0.3 is 0 Å². The van der Waals surface area contributed by atoms with Crippen molar-refractivity contribution >= 4 is 23.2 Å². The van der Waals surface area contributed by atoms with E-state index in [0.717, 1.165) is 22.7 Å². The van der Waals surface area contributed by atoms with Crippen LogP contribution in [0.5, 0.6) is 0 Å². The smallest absolute Gasteiger partial charge is 0.265 e. The van der Waals surface area contributed by atoms with Crippen molar-refractivity contribution < 1.29 is 14.0 Å². The minimum Gasteiger partial charge on any atom is -0.339 e. The van der Waals surface area contributed by atoms with Gasteiger partial charge in [0.15, 0.2) is 0 Å². The van der Waals surface area contributed by atoms with Crippen LogP contribution in [-0.4, -0.2) is 52.8 Å². The molecule has 28 heavy (non-hydrogen) atoms. The lowest BCUT2D eigenvalue weighted by molar-refractivity contribution is -0.131. The van der Waals surface area contributed by atoms with Gasteiger partial charge in [0.1, 0.15) is 10.7 Å². The Hall–Kier alpha value is -2.28. The summed E-state index contributed by atoms with van der Waals surface area (Å²) in [6.45, 7) is 8.23. The van der Waals surface area contributed by atoms with Crippen molar-refractivity contribution in [3.8, 4) is 0 Å². The first-order valence-electron chi connectivity index (χ1n) is 9.61. The van der Waals surface area contributed by atoms with E-state index in [1.165, 1.54) is 23.5 Å². The lowest BCUT2D eigenvalue weighted by Crippen LogP contribution is -2.51. The largest absolute Gasteiger partial charge is 0.339 e. The molecule has 150 valence electrons. The molecule has 2 aromatic rings. The number of amides is 2. The van der Waals surface area contributed by atoms with E-state index in [-0.39, 0.29) is 24.1 Å². The molecular weight excluding hydrogens is 377 g/mol. The summed E-state index contributed by atoms with van der Waals surface area (Å²) >= 11 is 1.49. The van der Waals surface area contributed by atoms with Gasteiger partial charge in [-0.25, -0.2) is 9.37 Å². The number of benzene rings is 1. The molecule has 5 nitrogen and oxygen atoms in total. The number of hydrogen-bond donors (Lipinski definition) is 0. The molecule has 1 saturated heterocycles. The number of aromatic nitrogens is 1. The minimum absolute atomic E-state index is 0.00639. The second kappa shape index (κ2) is 8.82. The van der Waals surface area contributed by atoms with Crippen LogP contribution in [-0.2, 0) is 17.6 Å². The summed E-state index contributed by atoms with van der Waals surface area (Å²) in [5.41, 5.74) is 1.59. The van der Waals surface area contributed by atoms with E-state index in [2.05, 4.69) is 18.8 Å². The van der Waals surface area contributed by atoms with Crippen LogP contribution < -0.4 is 0 Å². The fourth-order valence-electron chi connectivity index (χ4n) is 3.28. The highest BCUT2D eigenvalue weighted by Gasteiger charge is 2.27. The molecule has 2 amide bonds. The molecule has 1 aliphatic heterocycles. The summed E-state index contributed by atoms with van der Waals surface area (Å²) in [5.74, 6) is 0.213. The van der Waals surface area contributed by atoms with Crippen molar-refractivity contribution in [2.75, 3.05) is 26.2 Å². The molecule has 0 atom stereocenters. The normalized spacial score (nSPS) is 14.6. The van der Waals surface area contributed by atoms with Crippen LogP contribution in [0.15, 0.2) is 24.3 Å². The number of nitrogens with zero attached hydrogens (tertiary/aromatic N) is 3. The number of rotatable bonds is 5. The Labute approximate surface area is 169 Å². The number of aryl methyl sites for hydroxylation is 1. The van der Waals surface area contributed by atoms with Gasteiger partial charge in [-0.1, -0.05) is 26.0 Å². The molecule has 3 rings (SSSR count). The Morgan fingerprint density at radius 2 is 1.71 bits per heavy atom. The predicted molar refractivity (Wildman–Crippen MR) is 108 cm³/mol. The number of halogens is 1. The van der Waals surface area contributed by atoms with Crippen LogP contribution in [0.25, 0.3) is 0 Å². The van der Waals surface area contributed by atoms with E-state index >= 15 is 0 Å². The number of thiazole rings is 1. The highest BCUT2D eigenvalue weighted by atomic mass is 32.1. The molecule has 1 aromatic carbocycles. The Balaban J connectivity index is 1.56. The van der Waals surface area contributed by atoms with Crippen molar-refractivity contribution in [1.29, 1.82) is 0 Å². The van der Waals surface area contributed by atoms with Crippen LogP contribution in [0.1, 0.15) is 39.8 Å². The van der Waals surface area contributed by atoms with Crippen molar-refractivity contribution in [1.82, 2.24) is 14.8 Å². The molecular formula is C21H26FN3O2S. The maximum absolute atomic E-state index is 13.0. The van der Waals surface area contributed by atoms with Crippen LogP contribution in [0.4, 0.5) is 4.39 Å². The first-order chi connectivity index (χ1) is 13.3. The van der Waals surface area contributed by atoms with Crippen molar-refractivity contribution in [3.05, 3.63) is 51.2 Å². The van der Waals surface area contributed by atoms with E-state index in [9.17, 15) is 14.0 Å². The molecule has 0 N–H and O–H groups in total. The molecule has 1 aromatic heterocycles. The third-order valence-electron chi connectivity index (χ3n) is 4.81. The second-order valence-corrected chi connectivity index (χ2v) is 8.68. The number of piperazine rings is 1. The van der Waals surface area contributed by atoms with Crippen molar-refractivity contribution in [2.45, 2.75) is 33.6 Å². The van der Waals surface area contributed by atoms with Crippen LogP contribution in [0.3, 0.4) is 0 Å². The molecule has 0 saturated carbocycles. The fourth-order valence-corrected chi connectivity index (χ4v) is 4.52. The van der Waals surface area contributed by atoms with Gasteiger partial charge in [0.05, 0.1) is 17.1 Å². The van der Waals surface area contributed by atoms with Gasteiger partial charge in [-0.15, -0.1) is 11.3 Å². The molecule has 0 unspecified atom stereocenters. The van der Waals surface area contributed by atoms with Crippen LogP contribution in [0.2, 0.25) is 0 Å². The Morgan fingerprint density at radius 3 is 2.32 bits per heavy atom.